The Morgan fingerprint density at radius 2 is 2.21 bits per heavy atom. The van der Waals surface area contributed by atoms with E-state index in [1.54, 1.807) is 13.8 Å². The minimum Gasteiger partial charge on any atom is -0.375 e. The first kappa shape index (κ1) is 18.7. The van der Waals surface area contributed by atoms with E-state index in [1.807, 2.05) is 6.07 Å². The van der Waals surface area contributed by atoms with Crippen LogP contribution in [0, 0.1) is 19.8 Å². The number of morpholine rings is 1. The third-order valence-corrected chi connectivity index (χ3v) is 4.19. The van der Waals surface area contributed by atoms with Crippen LogP contribution in [-0.2, 0) is 4.74 Å². The van der Waals surface area contributed by atoms with Crippen LogP contribution in [-0.4, -0.2) is 54.7 Å². The molecule has 0 bridgehead atoms. The zero-order valence-corrected chi connectivity index (χ0v) is 15.1. The first-order valence-corrected chi connectivity index (χ1v) is 8.69. The van der Waals surface area contributed by atoms with Gasteiger partial charge in [-0.2, -0.15) is 0 Å². The Balaban J connectivity index is 1.84. The summed E-state index contributed by atoms with van der Waals surface area (Å²) >= 11 is 0. The van der Waals surface area contributed by atoms with Gasteiger partial charge < -0.3 is 15.0 Å². The summed E-state index contributed by atoms with van der Waals surface area (Å²) in [7, 11) is 0. The molecule has 1 atom stereocenters. The Labute approximate surface area is 143 Å². The van der Waals surface area contributed by atoms with Crippen LogP contribution in [0.15, 0.2) is 10.9 Å². The molecule has 24 heavy (non-hydrogen) atoms. The van der Waals surface area contributed by atoms with Gasteiger partial charge in [-0.3, -0.25) is 14.5 Å². The molecule has 1 aliphatic rings. The Hall–Kier alpha value is -1.66. The first-order valence-electron chi connectivity index (χ1n) is 8.69. The average Bonchev–Trinajstić information content (AvgIpc) is 2.45. The molecule has 1 aromatic rings. The van der Waals surface area contributed by atoms with Gasteiger partial charge in [-0.25, -0.2) is 0 Å². The molecule has 6 nitrogen and oxygen atoms in total. The Morgan fingerprint density at radius 1 is 1.46 bits per heavy atom. The van der Waals surface area contributed by atoms with Crippen molar-refractivity contribution >= 4 is 5.91 Å². The van der Waals surface area contributed by atoms with Crippen molar-refractivity contribution in [3.63, 3.8) is 0 Å². The minimum atomic E-state index is -0.331. The van der Waals surface area contributed by atoms with E-state index in [2.05, 4.69) is 29.0 Å². The molecule has 1 aromatic heterocycles. The summed E-state index contributed by atoms with van der Waals surface area (Å²) in [5, 5.41) is 2.85. The SMILES string of the molecule is Cc1cc(C)c(C(=O)NCCC2CN(CC(C)C)CCO2)c(=O)[nH]1. The first-order chi connectivity index (χ1) is 11.4. The van der Waals surface area contributed by atoms with Crippen molar-refractivity contribution in [2.75, 3.05) is 32.8 Å². The molecular weight excluding hydrogens is 306 g/mol. The molecule has 2 N–H and O–H groups in total. The fourth-order valence-corrected chi connectivity index (χ4v) is 3.21. The van der Waals surface area contributed by atoms with Gasteiger partial charge in [-0.1, -0.05) is 13.8 Å². The molecule has 2 heterocycles. The maximum atomic E-state index is 12.3. The number of aromatic nitrogens is 1. The predicted molar refractivity (Wildman–Crippen MR) is 94.5 cm³/mol. The van der Waals surface area contributed by atoms with Gasteiger partial charge in [-0.15, -0.1) is 0 Å². The molecule has 1 fully saturated rings. The smallest absolute Gasteiger partial charge is 0.261 e. The fourth-order valence-electron chi connectivity index (χ4n) is 3.21. The van der Waals surface area contributed by atoms with Crippen LogP contribution in [0.3, 0.4) is 0 Å². The van der Waals surface area contributed by atoms with Crippen molar-refractivity contribution in [2.45, 2.75) is 40.2 Å². The van der Waals surface area contributed by atoms with E-state index in [1.165, 1.54) is 0 Å². The molecule has 2 rings (SSSR count). The van der Waals surface area contributed by atoms with E-state index in [0.29, 0.717) is 18.0 Å². The molecule has 0 saturated carbocycles. The molecular formula is C18H29N3O3. The highest BCUT2D eigenvalue weighted by Gasteiger charge is 2.21. The normalized spacial score (nSPS) is 18.8. The molecule has 1 saturated heterocycles. The van der Waals surface area contributed by atoms with Gasteiger partial charge in [0.25, 0.3) is 11.5 Å². The third kappa shape index (κ3) is 5.18. The largest absolute Gasteiger partial charge is 0.375 e. The minimum absolute atomic E-state index is 0.134. The quantitative estimate of drug-likeness (QED) is 0.825. The highest BCUT2D eigenvalue weighted by Crippen LogP contribution is 2.10. The second-order valence-corrected chi connectivity index (χ2v) is 7.03. The molecule has 0 aliphatic carbocycles. The van der Waals surface area contributed by atoms with Crippen LogP contribution in [0.1, 0.15) is 41.9 Å². The number of hydrogen-bond acceptors (Lipinski definition) is 4. The lowest BCUT2D eigenvalue weighted by Gasteiger charge is -2.34. The number of aromatic amines is 1. The van der Waals surface area contributed by atoms with E-state index in [9.17, 15) is 9.59 Å². The number of rotatable bonds is 6. The molecule has 6 heteroatoms. The van der Waals surface area contributed by atoms with Crippen LogP contribution >= 0.6 is 0 Å². The van der Waals surface area contributed by atoms with Gasteiger partial charge in [0, 0.05) is 31.9 Å². The lowest BCUT2D eigenvalue weighted by Crippen LogP contribution is -2.45. The summed E-state index contributed by atoms with van der Waals surface area (Å²) < 4.78 is 5.78. The number of ether oxygens (including phenoxy) is 1. The van der Waals surface area contributed by atoms with Gasteiger partial charge in [0.05, 0.1) is 12.7 Å². The van der Waals surface area contributed by atoms with Crippen LogP contribution in [0.25, 0.3) is 0 Å². The summed E-state index contributed by atoms with van der Waals surface area (Å²) in [6.07, 6.45) is 0.888. The van der Waals surface area contributed by atoms with Gasteiger partial charge in [0.15, 0.2) is 0 Å². The molecule has 0 spiro atoms. The van der Waals surface area contributed by atoms with E-state index < -0.39 is 0 Å². The lowest BCUT2D eigenvalue weighted by molar-refractivity contribution is -0.0344. The van der Waals surface area contributed by atoms with Gasteiger partial charge >= 0.3 is 0 Å². The van der Waals surface area contributed by atoms with Gasteiger partial charge in [0.1, 0.15) is 5.56 Å². The number of nitrogens with one attached hydrogen (secondary N) is 2. The monoisotopic (exact) mass is 335 g/mol. The van der Waals surface area contributed by atoms with E-state index in [4.69, 9.17) is 4.74 Å². The van der Waals surface area contributed by atoms with E-state index in [0.717, 1.165) is 38.4 Å². The van der Waals surface area contributed by atoms with Crippen molar-refractivity contribution in [3.05, 3.63) is 33.2 Å². The summed E-state index contributed by atoms with van der Waals surface area (Å²) in [5.74, 6) is 0.322. The number of carbonyl (C=O) groups is 1. The van der Waals surface area contributed by atoms with E-state index in [-0.39, 0.29) is 23.1 Å². The molecule has 0 aromatic carbocycles. The Morgan fingerprint density at radius 3 is 2.88 bits per heavy atom. The summed E-state index contributed by atoms with van der Waals surface area (Å²) in [6.45, 7) is 12.2. The van der Waals surface area contributed by atoms with Crippen LogP contribution < -0.4 is 10.9 Å². The van der Waals surface area contributed by atoms with Gasteiger partial charge in [0.2, 0.25) is 0 Å². The van der Waals surface area contributed by atoms with Gasteiger partial charge in [-0.05, 0) is 37.8 Å². The number of H-pyrrole nitrogens is 1. The van der Waals surface area contributed by atoms with Crippen LogP contribution in [0.4, 0.5) is 0 Å². The lowest BCUT2D eigenvalue weighted by atomic mass is 10.1. The molecule has 1 aliphatic heterocycles. The second kappa shape index (κ2) is 8.44. The summed E-state index contributed by atoms with van der Waals surface area (Å²) in [4.78, 5) is 29.3. The van der Waals surface area contributed by atoms with Crippen molar-refractivity contribution in [3.8, 4) is 0 Å². The van der Waals surface area contributed by atoms with Crippen molar-refractivity contribution in [1.29, 1.82) is 0 Å². The number of aryl methyl sites for hydroxylation is 2. The zero-order chi connectivity index (χ0) is 17.7. The third-order valence-electron chi connectivity index (χ3n) is 4.19. The molecule has 1 unspecified atom stereocenters. The zero-order valence-electron chi connectivity index (χ0n) is 15.1. The van der Waals surface area contributed by atoms with Crippen molar-refractivity contribution < 1.29 is 9.53 Å². The van der Waals surface area contributed by atoms with Crippen LogP contribution in [0.2, 0.25) is 0 Å². The number of nitrogens with zero attached hydrogens (tertiary/aromatic N) is 1. The fraction of sp³-hybridized carbons (Fsp3) is 0.667. The molecule has 0 radical (unpaired) electrons. The average molecular weight is 335 g/mol. The number of pyridine rings is 1. The second-order valence-electron chi connectivity index (χ2n) is 7.03. The number of carbonyl (C=O) groups excluding carboxylic acids is 1. The number of amides is 1. The highest BCUT2D eigenvalue weighted by atomic mass is 16.5. The van der Waals surface area contributed by atoms with E-state index >= 15 is 0 Å². The van der Waals surface area contributed by atoms with Crippen molar-refractivity contribution in [1.82, 2.24) is 15.2 Å². The Kier molecular flexibility index (Phi) is 6.57. The molecule has 134 valence electrons. The topological polar surface area (TPSA) is 74.4 Å². The summed E-state index contributed by atoms with van der Waals surface area (Å²) in [5.41, 5.74) is 1.33. The molecule has 1 amide bonds. The number of hydrogen-bond donors (Lipinski definition) is 2. The highest BCUT2D eigenvalue weighted by molar-refractivity contribution is 5.95. The maximum Gasteiger partial charge on any atom is 0.261 e. The Bertz CT molecular complexity index is 624. The summed E-state index contributed by atoms with van der Waals surface area (Å²) in [6, 6.07) is 1.81. The predicted octanol–water partition coefficient (Wildman–Crippen LogP) is 1.47. The van der Waals surface area contributed by atoms with Crippen LogP contribution in [0.5, 0.6) is 0 Å². The van der Waals surface area contributed by atoms with Crippen molar-refractivity contribution in [2.24, 2.45) is 5.92 Å². The standard InChI is InChI=1S/C18H29N3O3/c1-12(2)10-21-7-8-24-15(11-21)5-6-19-17(22)16-13(3)9-14(4)20-18(16)23/h9,12,15H,5-8,10-11H2,1-4H3,(H,19,22)(H,20,23). The maximum absolute atomic E-state index is 12.3.